The van der Waals surface area contributed by atoms with Gasteiger partial charge in [0.1, 0.15) is 0 Å². The minimum atomic E-state index is -0.0683. The van der Waals surface area contributed by atoms with Crippen LogP contribution < -0.4 is 5.32 Å². The van der Waals surface area contributed by atoms with Crippen LogP contribution in [0.5, 0.6) is 0 Å². The van der Waals surface area contributed by atoms with Crippen molar-refractivity contribution >= 4 is 22.7 Å². The highest BCUT2D eigenvalue weighted by atomic mass is 16.2. The molecule has 1 saturated heterocycles. The predicted octanol–water partition coefficient (Wildman–Crippen LogP) is 3.29. The molecule has 5 nitrogen and oxygen atoms in total. The van der Waals surface area contributed by atoms with E-state index in [0.717, 1.165) is 60.0 Å². The van der Waals surface area contributed by atoms with Crippen LogP contribution in [-0.2, 0) is 4.79 Å². The van der Waals surface area contributed by atoms with Crippen LogP contribution in [0.3, 0.4) is 0 Å². The summed E-state index contributed by atoms with van der Waals surface area (Å²) in [6.45, 7) is 7.44. The Hall–Kier alpha value is -2.43. The van der Waals surface area contributed by atoms with Gasteiger partial charge >= 0.3 is 0 Å². The molecule has 2 fully saturated rings. The summed E-state index contributed by atoms with van der Waals surface area (Å²) in [5, 5.41) is 4.08. The van der Waals surface area contributed by atoms with E-state index in [1.54, 1.807) is 0 Å². The van der Waals surface area contributed by atoms with Gasteiger partial charge in [0.15, 0.2) is 0 Å². The number of nitrogens with one attached hydrogen (secondary N) is 1. The van der Waals surface area contributed by atoms with Crippen LogP contribution >= 0.6 is 0 Å². The molecule has 0 bridgehead atoms. The topological polar surface area (TPSA) is 62.3 Å². The number of likely N-dealkylation sites (tertiary alicyclic amines) is 1. The van der Waals surface area contributed by atoms with Gasteiger partial charge in [-0.25, -0.2) is 0 Å². The summed E-state index contributed by atoms with van der Waals surface area (Å²) >= 11 is 0. The number of carbonyl (C=O) groups is 2. The van der Waals surface area contributed by atoms with E-state index in [-0.39, 0.29) is 23.8 Å². The molecule has 0 radical (unpaired) electrons. The van der Waals surface area contributed by atoms with Gasteiger partial charge in [0.25, 0.3) is 5.91 Å². The Balaban J connectivity index is 1.57. The molecule has 142 valence electrons. The maximum atomic E-state index is 13.1. The molecule has 0 spiro atoms. The van der Waals surface area contributed by atoms with E-state index in [0.29, 0.717) is 12.1 Å². The first-order valence-electron chi connectivity index (χ1n) is 9.90. The molecule has 2 heterocycles. The molecule has 1 aromatic carbocycles. The minimum absolute atomic E-state index is 0.0170. The summed E-state index contributed by atoms with van der Waals surface area (Å²) in [6.07, 6.45) is 3.90. The van der Waals surface area contributed by atoms with E-state index >= 15 is 0 Å². The Morgan fingerprint density at radius 1 is 1.11 bits per heavy atom. The molecule has 27 heavy (non-hydrogen) atoms. The van der Waals surface area contributed by atoms with E-state index in [1.807, 2.05) is 37.8 Å². The van der Waals surface area contributed by atoms with Gasteiger partial charge in [-0.05, 0) is 64.2 Å². The van der Waals surface area contributed by atoms with Crippen LogP contribution in [-0.4, -0.2) is 40.8 Å². The summed E-state index contributed by atoms with van der Waals surface area (Å²) in [5.41, 5.74) is 4.61. The molecular formula is C22H27N3O2. The molecule has 1 N–H and O–H groups in total. The highest BCUT2D eigenvalue weighted by molar-refractivity contribution is 6.07. The molecule has 1 aromatic heterocycles. The second-order valence-corrected chi connectivity index (χ2v) is 8.16. The number of nitrogens with zero attached hydrogens (tertiary/aromatic N) is 2. The van der Waals surface area contributed by atoms with Gasteiger partial charge in [-0.3, -0.25) is 14.6 Å². The Kier molecular flexibility index (Phi) is 4.62. The number of hydrogen-bond acceptors (Lipinski definition) is 3. The van der Waals surface area contributed by atoms with Crippen LogP contribution in [0.2, 0.25) is 0 Å². The Morgan fingerprint density at radius 3 is 2.63 bits per heavy atom. The van der Waals surface area contributed by atoms with Crippen molar-refractivity contribution in [3.63, 3.8) is 0 Å². The summed E-state index contributed by atoms with van der Waals surface area (Å²) in [5.74, 6) is 0.434. The van der Waals surface area contributed by atoms with Crippen LogP contribution in [0.15, 0.2) is 18.2 Å². The third kappa shape index (κ3) is 3.68. The molecular weight excluding hydrogens is 338 g/mol. The predicted molar refractivity (Wildman–Crippen MR) is 106 cm³/mol. The summed E-state index contributed by atoms with van der Waals surface area (Å²) in [4.78, 5) is 32.0. The fourth-order valence-electron chi connectivity index (χ4n) is 4.14. The first kappa shape index (κ1) is 18.0. The van der Waals surface area contributed by atoms with Gasteiger partial charge in [0, 0.05) is 36.1 Å². The Labute approximate surface area is 160 Å². The van der Waals surface area contributed by atoms with Gasteiger partial charge in [-0.2, -0.15) is 0 Å². The first-order valence-corrected chi connectivity index (χ1v) is 9.90. The van der Waals surface area contributed by atoms with Crippen molar-refractivity contribution in [3.05, 3.63) is 40.6 Å². The molecule has 1 atom stereocenters. The van der Waals surface area contributed by atoms with Gasteiger partial charge in [-0.15, -0.1) is 0 Å². The zero-order valence-electron chi connectivity index (χ0n) is 16.3. The largest absolute Gasteiger partial charge is 0.348 e. The second-order valence-electron chi connectivity index (χ2n) is 8.16. The lowest BCUT2D eigenvalue weighted by molar-refractivity contribution is -0.133. The smallest absolute Gasteiger partial charge is 0.252 e. The normalized spacial score (nSPS) is 20.0. The Bertz CT molecular complexity index is 917. The number of rotatable bonds is 3. The number of fused-ring (bicyclic) bond motifs is 1. The molecule has 1 aliphatic carbocycles. The quantitative estimate of drug-likeness (QED) is 0.908. The van der Waals surface area contributed by atoms with Crippen molar-refractivity contribution in [3.8, 4) is 0 Å². The van der Waals surface area contributed by atoms with Crippen molar-refractivity contribution in [2.75, 3.05) is 13.1 Å². The van der Waals surface area contributed by atoms with Gasteiger partial charge in [0.2, 0.25) is 5.91 Å². The standard InChI is InChI=1S/C22H27N3O2/c1-13-9-14(2)20-18(10-13)19(11-15(3)23-20)21(26)24-17-5-4-8-25(12-17)22(27)16-6-7-16/h9-11,16-17H,4-8,12H2,1-3H3,(H,24,26)/t17-/m1/s1. The fraction of sp³-hybridized carbons (Fsp3) is 0.500. The van der Waals surface area contributed by atoms with Crippen molar-refractivity contribution in [2.45, 2.75) is 52.5 Å². The molecule has 0 unspecified atom stereocenters. The lowest BCUT2D eigenvalue weighted by atomic mass is 10.00. The zero-order valence-corrected chi connectivity index (χ0v) is 16.3. The van der Waals surface area contributed by atoms with Gasteiger partial charge < -0.3 is 10.2 Å². The average molecular weight is 365 g/mol. The summed E-state index contributed by atoms with van der Waals surface area (Å²) < 4.78 is 0. The number of carbonyl (C=O) groups excluding carboxylic acids is 2. The number of aryl methyl sites for hydroxylation is 3. The van der Waals surface area contributed by atoms with Crippen LogP contribution in [0, 0.1) is 26.7 Å². The van der Waals surface area contributed by atoms with E-state index in [9.17, 15) is 9.59 Å². The third-order valence-electron chi connectivity index (χ3n) is 5.62. The lowest BCUT2D eigenvalue weighted by Crippen LogP contribution is -2.50. The highest BCUT2D eigenvalue weighted by Crippen LogP contribution is 2.32. The van der Waals surface area contributed by atoms with Crippen molar-refractivity contribution < 1.29 is 9.59 Å². The van der Waals surface area contributed by atoms with Crippen LogP contribution in [0.25, 0.3) is 10.9 Å². The minimum Gasteiger partial charge on any atom is -0.348 e. The molecule has 2 aromatic rings. The number of benzene rings is 1. The zero-order chi connectivity index (χ0) is 19.1. The highest BCUT2D eigenvalue weighted by Gasteiger charge is 2.35. The van der Waals surface area contributed by atoms with Gasteiger partial charge in [-0.1, -0.05) is 11.6 Å². The summed E-state index contributed by atoms with van der Waals surface area (Å²) in [7, 11) is 0. The lowest BCUT2D eigenvalue weighted by Gasteiger charge is -2.33. The monoisotopic (exact) mass is 365 g/mol. The number of amides is 2. The van der Waals surface area contributed by atoms with E-state index < -0.39 is 0 Å². The summed E-state index contributed by atoms with van der Waals surface area (Å²) in [6, 6.07) is 6.02. The van der Waals surface area contributed by atoms with Crippen molar-refractivity contribution in [2.24, 2.45) is 5.92 Å². The number of hydrogen-bond donors (Lipinski definition) is 1. The van der Waals surface area contributed by atoms with E-state index in [2.05, 4.69) is 16.4 Å². The molecule has 2 amide bonds. The number of pyridine rings is 1. The van der Waals surface area contributed by atoms with Gasteiger partial charge in [0.05, 0.1) is 11.1 Å². The van der Waals surface area contributed by atoms with Crippen LogP contribution in [0.1, 0.15) is 52.9 Å². The molecule has 1 saturated carbocycles. The molecule has 5 heteroatoms. The third-order valence-corrected chi connectivity index (χ3v) is 5.62. The van der Waals surface area contributed by atoms with E-state index in [4.69, 9.17) is 0 Å². The van der Waals surface area contributed by atoms with Crippen LogP contribution in [0.4, 0.5) is 0 Å². The number of piperidine rings is 1. The Morgan fingerprint density at radius 2 is 1.89 bits per heavy atom. The maximum Gasteiger partial charge on any atom is 0.252 e. The second kappa shape index (κ2) is 6.95. The number of aromatic nitrogens is 1. The fourth-order valence-corrected chi connectivity index (χ4v) is 4.14. The first-order chi connectivity index (χ1) is 12.9. The van der Waals surface area contributed by atoms with E-state index in [1.165, 1.54) is 0 Å². The van der Waals surface area contributed by atoms with Crippen molar-refractivity contribution in [1.82, 2.24) is 15.2 Å². The van der Waals surface area contributed by atoms with Crippen molar-refractivity contribution in [1.29, 1.82) is 0 Å². The molecule has 1 aliphatic heterocycles. The average Bonchev–Trinajstić information content (AvgIpc) is 3.46. The SMILES string of the molecule is Cc1cc(C)c2nc(C)cc(C(=O)N[C@@H]3CCCN(C(=O)C4CC4)C3)c2c1. The maximum absolute atomic E-state index is 13.1. The molecule has 4 rings (SSSR count). The molecule has 2 aliphatic rings.